The Kier molecular flexibility index (Phi) is 5.52. The maximum absolute atomic E-state index is 12.4. The average molecular weight is 341 g/mol. The Morgan fingerprint density at radius 2 is 1.87 bits per heavy atom. The number of aromatic nitrogens is 1. The summed E-state index contributed by atoms with van der Waals surface area (Å²) in [5, 5.41) is 2.94. The third kappa shape index (κ3) is 4.35. The molecule has 1 amide bonds. The molecule has 1 aromatic rings. The van der Waals surface area contributed by atoms with Gasteiger partial charge in [-0.25, -0.2) is 8.42 Å². The van der Waals surface area contributed by atoms with Gasteiger partial charge in [-0.15, -0.1) is 0 Å². The molecule has 1 fully saturated rings. The molecule has 6 nitrogen and oxygen atoms in total. The van der Waals surface area contributed by atoms with Gasteiger partial charge >= 0.3 is 0 Å². The second-order valence-corrected chi connectivity index (χ2v) is 8.80. The van der Waals surface area contributed by atoms with Crippen molar-refractivity contribution >= 4 is 15.7 Å². The van der Waals surface area contributed by atoms with Crippen molar-refractivity contribution in [2.75, 3.05) is 37.7 Å². The molecule has 1 saturated heterocycles. The first-order valence-electron chi connectivity index (χ1n) is 8.10. The highest BCUT2D eigenvalue weighted by Gasteiger charge is 2.21. The Morgan fingerprint density at radius 1 is 1.26 bits per heavy atom. The summed E-state index contributed by atoms with van der Waals surface area (Å²) in [5.74, 6) is 0.377. The molecule has 0 unspecified atom stereocenters. The minimum absolute atomic E-state index is 0.0605. The van der Waals surface area contributed by atoms with E-state index in [1.54, 1.807) is 0 Å². The zero-order chi connectivity index (χ0) is 17.2. The van der Waals surface area contributed by atoms with Crippen molar-refractivity contribution in [2.45, 2.75) is 33.7 Å². The molecular formula is C16H27N3O3S. The molecule has 23 heavy (non-hydrogen) atoms. The second-order valence-electron chi connectivity index (χ2n) is 6.50. The number of nitrogens with zero attached hydrogens (tertiary/aromatic N) is 2. The van der Waals surface area contributed by atoms with Crippen LogP contribution < -0.4 is 5.32 Å². The number of nitrogens with one attached hydrogen (secondary N) is 1. The predicted octanol–water partition coefficient (Wildman–Crippen LogP) is 1.15. The fourth-order valence-electron chi connectivity index (χ4n) is 3.20. The number of rotatable bonds is 5. The standard InChI is InChI=1S/C16H27N3O3S/c1-12(2)19-13(3)11-15(14(19)4)16(20)17-5-6-18-7-9-23(21,22)10-8-18/h11-12H,5-10H2,1-4H3,(H,17,20). The fourth-order valence-corrected chi connectivity index (χ4v) is 4.48. The summed E-state index contributed by atoms with van der Waals surface area (Å²) in [6, 6.07) is 2.25. The van der Waals surface area contributed by atoms with Gasteiger partial charge in [-0.05, 0) is 33.8 Å². The van der Waals surface area contributed by atoms with Gasteiger partial charge < -0.3 is 9.88 Å². The highest BCUT2D eigenvalue weighted by molar-refractivity contribution is 7.91. The number of amides is 1. The molecule has 1 aliphatic rings. The monoisotopic (exact) mass is 341 g/mol. The molecule has 0 aliphatic carbocycles. The smallest absolute Gasteiger partial charge is 0.253 e. The number of aryl methyl sites for hydroxylation is 1. The zero-order valence-electron chi connectivity index (χ0n) is 14.4. The van der Waals surface area contributed by atoms with E-state index in [4.69, 9.17) is 0 Å². The maximum Gasteiger partial charge on any atom is 0.253 e. The van der Waals surface area contributed by atoms with Crippen LogP contribution >= 0.6 is 0 Å². The van der Waals surface area contributed by atoms with Crippen molar-refractivity contribution in [2.24, 2.45) is 0 Å². The molecule has 2 rings (SSSR count). The van der Waals surface area contributed by atoms with E-state index in [2.05, 4.69) is 28.6 Å². The number of hydrogen-bond donors (Lipinski definition) is 1. The van der Waals surface area contributed by atoms with Crippen LogP contribution in [0.3, 0.4) is 0 Å². The molecule has 0 bridgehead atoms. The SMILES string of the molecule is Cc1cc(C(=O)NCCN2CCS(=O)(=O)CC2)c(C)n1C(C)C. The maximum atomic E-state index is 12.4. The summed E-state index contributed by atoms with van der Waals surface area (Å²) >= 11 is 0. The molecule has 7 heteroatoms. The van der Waals surface area contributed by atoms with Crippen molar-refractivity contribution in [3.8, 4) is 0 Å². The molecule has 0 radical (unpaired) electrons. The number of carbonyl (C=O) groups excluding carboxylic acids is 1. The molecule has 2 heterocycles. The van der Waals surface area contributed by atoms with Crippen LogP contribution in [0.2, 0.25) is 0 Å². The van der Waals surface area contributed by atoms with Gasteiger partial charge in [-0.2, -0.15) is 0 Å². The minimum atomic E-state index is -2.85. The Balaban J connectivity index is 1.87. The first kappa shape index (κ1) is 18.0. The van der Waals surface area contributed by atoms with E-state index in [9.17, 15) is 13.2 Å². The van der Waals surface area contributed by atoms with Crippen molar-refractivity contribution in [3.05, 3.63) is 23.0 Å². The molecule has 1 aliphatic heterocycles. The van der Waals surface area contributed by atoms with E-state index in [1.807, 2.05) is 19.9 Å². The lowest BCUT2D eigenvalue weighted by molar-refractivity contribution is 0.0948. The van der Waals surface area contributed by atoms with E-state index in [-0.39, 0.29) is 17.4 Å². The normalized spacial score (nSPS) is 18.3. The molecular weight excluding hydrogens is 314 g/mol. The van der Waals surface area contributed by atoms with Gasteiger partial charge in [0, 0.05) is 43.6 Å². The van der Waals surface area contributed by atoms with E-state index >= 15 is 0 Å². The van der Waals surface area contributed by atoms with Crippen LogP contribution in [0.25, 0.3) is 0 Å². The third-order valence-electron chi connectivity index (χ3n) is 4.40. The van der Waals surface area contributed by atoms with Crippen LogP contribution in [0.5, 0.6) is 0 Å². The topological polar surface area (TPSA) is 71.4 Å². The number of carbonyl (C=O) groups is 1. The van der Waals surface area contributed by atoms with Gasteiger partial charge in [0.1, 0.15) is 0 Å². The summed E-state index contributed by atoms with van der Waals surface area (Å²) in [5.41, 5.74) is 2.79. The lowest BCUT2D eigenvalue weighted by atomic mass is 10.2. The minimum Gasteiger partial charge on any atom is -0.351 e. The van der Waals surface area contributed by atoms with Gasteiger partial charge in [0.05, 0.1) is 17.1 Å². The zero-order valence-corrected chi connectivity index (χ0v) is 15.2. The van der Waals surface area contributed by atoms with Crippen LogP contribution in [0, 0.1) is 13.8 Å². The molecule has 0 aromatic carbocycles. The van der Waals surface area contributed by atoms with E-state index in [0.717, 1.165) is 17.0 Å². The second kappa shape index (κ2) is 7.05. The van der Waals surface area contributed by atoms with Gasteiger partial charge in [0.25, 0.3) is 5.91 Å². The molecule has 0 atom stereocenters. The van der Waals surface area contributed by atoms with Crippen molar-refractivity contribution in [1.29, 1.82) is 0 Å². The first-order valence-corrected chi connectivity index (χ1v) is 9.93. The Bertz CT molecular complexity index is 663. The van der Waals surface area contributed by atoms with Crippen LogP contribution in [-0.4, -0.2) is 61.5 Å². The molecule has 1 aromatic heterocycles. The van der Waals surface area contributed by atoms with E-state index in [1.165, 1.54) is 0 Å². The van der Waals surface area contributed by atoms with Crippen LogP contribution in [0.1, 0.15) is 41.6 Å². The van der Waals surface area contributed by atoms with Crippen molar-refractivity contribution < 1.29 is 13.2 Å². The summed E-state index contributed by atoms with van der Waals surface area (Å²) in [7, 11) is -2.85. The summed E-state index contributed by atoms with van der Waals surface area (Å²) < 4.78 is 24.9. The van der Waals surface area contributed by atoms with Crippen LogP contribution in [0.15, 0.2) is 6.07 Å². The number of hydrogen-bond acceptors (Lipinski definition) is 4. The summed E-state index contributed by atoms with van der Waals surface area (Å²) in [4.78, 5) is 14.4. The highest BCUT2D eigenvalue weighted by atomic mass is 32.2. The summed E-state index contributed by atoms with van der Waals surface area (Å²) in [6.45, 7) is 10.5. The Hall–Kier alpha value is -1.34. The van der Waals surface area contributed by atoms with Crippen molar-refractivity contribution in [1.82, 2.24) is 14.8 Å². The number of sulfone groups is 1. The largest absolute Gasteiger partial charge is 0.351 e. The lowest BCUT2D eigenvalue weighted by Gasteiger charge is -2.26. The van der Waals surface area contributed by atoms with Gasteiger partial charge in [-0.1, -0.05) is 0 Å². The van der Waals surface area contributed by atoms with E-state index < -0.39 is 9.84 Å². The third-order valence-corrected chi connectivity index (χ3v) is 6.01. The van der Waals surface area contributed by atoms with E-state index in [0.29, 0.717) is 32.2 Å². The fraction of sp³-hybridized carbons (Fsp3) is 0.688. The lowest BCUT2D eigenvalue weighted by Crippen LogP contribution is -2.43. The molecule has 0 spiro atoms. The van der Waals surface area contributed by atoms with Crippen LogP contribution in [0.4, 0.5) is 0 Å². The summed E-state index contributed by atoms with van der Waals surface area (Å²) in [6.07, 6.45) is 0. The first-order chi connectivity index (χ1) is 10.7. The molecule has 0 saturated carbocycles. The molecule has 1 N–H and O–H groups in total. The van der Waals surface area contributed by atoms with Crippen LogP contribution in [-0.2, 0) is 9.84 Å². The Morgan fingerprint density at radius 3 is 2.39 bits per heavy atom. The predicted molar refractivity (Wildman–Crippen MR) is 91.7 cm³/mol. The highest BCUT2D eigenvalue weighted by Crippen LogP contribution is 2.19. The van der Waals surface area contributed by atoms with Gasteiger partial charge in [0.15, 0.2) is 9.84 Å². The Labute approximate surface area is 138 Å². The quantitative estimate of drug-likeness (QED) is 0.872. The van der Waals surface area contributed by atoms with Gasteiger partial charge in [-0.3, -0.25) is 9.69 Å². The molecule has 130 valence electrons. The average Bonchev–Trinajstić information content (AvgIpc) is 2.75. The van der Waals surface area contributed by atoms with Crippen molar-refractivity contribution in [3.63, 3.8) is 0 Å². The van der Waals surface area contributed by atoms with Gasteiger partial charge in [0.2, 0.25) is 0 Å².